The molecule has 1 saturated heterocycles. The van der Waals surface area contributed by atoms with Gasteiger partial charge in [-0.15, -0.1) is 0 Å². The van der Waals surface area contributed by atoms with Crippen molar-refractivity contribution in [2.24, 2.45) is 5.92 Å². The molecular weight excluding hydrogens is 576 g/mol. The topological polar surface area (TPSA) is 130 Å². The molecule has 0 spiro atoms. The third kappa shape index (κ3) is 5.77. The average Bonchev–Trinajstić information content (AvgIpc) is 3.80. The minimum Gasteiger partial charge on any atom is -0.365 e. The second-order valence-corrected chi connectivity index (χ2v) is 12.0. The van der Waals surface area contributed by atoms with Gasteiger partial charge in [0.1, 0.15) is 22.0 Å². The molecule has 3 aromatic heterocycles. The van der Waals surface area contributed by atoms with Crippen LogP contribution in [0.4, 0.5) is 20.3 Å². The van der Waals surface area contributed by atoms with E-state index in [0.717, 1.165) is 37.8 Å². The predicted octanol–water partition coefficient (Wildman–Crippen LogP) is 4.63. The van der Waals surface area contributed by atoms with Gasteiger partial charge in [-0.2, -0.15) is 0 Å². The lowest BCUT2D eigenvalue weighted by molar-refractivity contribution is -0.133. The lowest BCUT2D eigenvalue weighted by Crippen LogP contribution is -2.43. The summed E-state index contributed by atoms with van der Waals surface area (Å²) in [6.07, 6.45) is 6.48. The molecule has 2 aliphatic rings. The molecule has 0 atom stereocenters. The van der Waals surface area contributed by atoms with Crippen molar-refractivity contribution in [1.29, 1.82) is 0 Å². The number of piperidine rings is 1. The van der Waals surface area contributed by atoms with Gasteiger partial charge in [0.05, 0.1) is 11.2 Å². The molecule has 4 aromatic rings. The van der Waals surface area contributed by atoms with E-state index in [9.17, 15) is 22.0 Å². The fraction of sp³-hybridized carbons (Fsp3) is 0.296. The van der Waals surface area contributed by atoms with E-state index in [-0.39, 0.29) is 34.5 Å². The second kappa shape index (κ2) is 10.8. The zero-order chi connectivity index (χ0) is 28.7. The zero-order valence-electron chi connectivity index (χ0n) is 21.5. The molecule has 2 N–H and O–H groups in total. The summed E-state index contributed by atoms with van der Waals surface area (Å²) >= 11 is 6.17. The van der Waals surface area contributed by atoms with Crippen LogP contribution in [0.2, 0.25) is 5.15 Å². The largest absolute Gasteiger partial charge is 0.365 e. The molecular formula is C27H24ClF2N7O3S. The zero-order valence-corrected chi connectivity index (χ0v) is 23.1. The predicted molar refractivity (Wildman–Crippen MR) is 149 cm³/mol. The molecule has 212 valence electrons. The Bertz CT molecular complexity index is 1760. The molecule has 0 unspecified atom stereocenters. The maximum atomic E-state index is 14.2. The summed E-state index contributed by atoms with van der Waals surface area (Å²) in [7, 11) is -4.46. The number of likely N-dealkylation sites (tertiary alicyclic amines) is 1. The molecule has 6 rings (SSSR count). The minimum atomic E-state index is -4.46. The van der Waals surface area contributed by atoms with Crippen LogP contribution in [-0.4, -0.2) is 58.3 Å². The Labute approximate surface area is 239 Å². The first-order valence-corrected chi connectivity index (χ1v) is 14.9. The van der Waals surface area contributed by atoms with Gasteiger partial charge in [0.2, 0.25) is 5.91 Å². The van der Waals surface area contributed by atoms with Crippen molar-refractivity contribution in [3.8, 4) is 11.4 Å². The van der Waals surface area contributed by atoms with Crippen molar-refractivity contribution in [2.75, 3.05) is 23.1 Å². The standard InChI is InChI=1S/C27H24ClF2N7O3S/c28-24-21(36-41(39,40)22-6-5-17(29)13-19(22)30)12-16(14-32-24)25-34-20-2-1-9-31-23(20)26(35-25)33-18-7-10-37(11-8-18)27(38)15-3-4-15/h1-2,5-6,9,12-15,18,36H,3-4,7-8,10-11H2,(H,33,34,35). The third-order valence-electron chi connectivity index (χ3n) is 7.05. The summed E-state index contributed by atoms with van der Waals surface area (Å²) in [6.45, 7) is 1.32. The summed E-state index contributed by atoms with van der Waals surface area (Å²) < 4.78 is 55.5. The molecule has 10 nitrogen and oxygen atoms in total. The molecule has 0 bridgehead atoms. The molecule has 2 fully saturated rings. The van der Waals surface area contributed by atoms with E-state index in [1.54, 1.807) is 18.3 Å². The first kappa shape index (κ1) is 27.2. The number of rotatable bonds is 7. The van der Waals surface area contributed by atoms with Crippen molar-refractivity contribution >= 4 is 50.1 Å². The highest BCUT2D eigenvalue weighted by molar-refractivity contribution is 7.92. The number of aromatic nitrogens is 4. The van der Waals surface area contributed by atoms with E-state index in [0.29, 0.717) is 41.6 Å². The van der Waals surface area contributed by atoms with Gasteiger partial charge in [-0.05, 0) is 56.0 Å². The number of anilines is 2. The van der Waals surface area contributed by atoms with Crippen LogP contribution in [-0.2, 0) is 14.8 Å². The highest BCUT2D eigenvalue weighted by Gasteiger charge is 2.35. The van der Waals surface area contributed by atoms with E-state index >= 15 is 0 Å². The fourth-order valence-electron chi connectivity index (χ4n) is 4.76. The lowest BCUT2D eigenvalue weighted by atomic mass is 10.0. The van der Waals surface area contributed by atoms with Crippen molar-refractivity contribution in [2.45, 2.75) is 36.6 Å². The quantitative estimate of drug-likeness (QED) is 0.294. The summed E-state index contributed by atoms with van der Waals surface area (Å²) in [6, 6.07) is 7.10. The van der Waals surface area contributed by atoms with Gasteiger partial charge in [-0.25, -0.2) is 32.2 Å². The number of nitrogens with zero attached hydrogens (tertiary/aromatic N) is 5. The Morgan fingerprint density at radius 3 is 2.54 bits per heavy atom. The minimum absolute atomic E-state index is 0.0579. The molecule has 41 heavy (non-hydrogen) atoms. The molecule has 4 heterocycles. The Morgan fingerprint density at radius 1 is 1.02 bits per heavy atom. The van der Waals surface area contributed by atoms with Crippen LogP contribution in [0.3, 0.4) is 0 Å². The Hall–Kier alpha value is -3.97. The van der Waals surface area contributed by atoms with E-state index in [4.69, 9.17) is 11.6 Å². The summed E-state index contributed by atoms with van der Waals surface area (Å²) in [4.78, 5) is 31.4. The number of halogens is 3. The summed E-state index contributed by atoms with van der Waals surface area (Å²) in [5.41, 5.74) is 1.31. The Kier molecular flexibility index (Phi) is 7.16. The molecule has 1 amide bonds. The van der Waals surface area contributed by atoms with Crippen molar-refractivity contribution in [3.05, 3.63) is 65.6 Å². The van der Waals surface area contributed by atoms with E-state index < -0.39 is 26.6 Å². The number of carbonyl (C=O) groups is 1. The molecule has 0 radical (unpaired) electrons. The maximum absolute atomic E-state index is 14.2. The van der Waals surface area contributed by atoms with Gasteiger partial charge in [-0.3, -0.25) is 14.5 Å². The van der Waals surface area contributed by atoms with Crippen molar-refractivity contribution in [1.82, 2.24) is 24.8 Å². The molecule has 1 aromatic carbocycles. The monoisotopic (exact) mass is 599 g/mol. The van der Waals surface area contributed by atoms with Gasteiger partial charge in [0.25, 0.3) is 10.0 Å². The van der Waals surface area contributed by atoms with E-state index in [2.05, 4.69) is 30.0 Å². The average molecular weight is 600 g/mol. The third-order valence-corrected chi connectivity index (χ3v) is 8.75. The Balaban J connectivity index is 1.28. The number of hydrogen-bond acceptors (Lipinski definition) is 8. The van der Waals surface area contributed by atoms with E-state index in [1.165, 1.54) is 12.3 Å². The van der Waals surface area contributed by atoms with Crippen LogP contribution in [0.25, 0.3) is 22.4 Å². The van der Waals surface area contributed by atoms with Crippen LogP contribution < -0.4 is 10.0 Å². The molecule has 1 aliphatic carbocycles. The first-order valence-electron chi connectivity index (χ1n) is 13.0. The van der Waals surface area contributed by atoms with Crippen LogP contribution in [0.1, 0.15) is 25.7 Å². The number of carbonyl (C=O) groups excluding carboxylic acids is 1. The summed E-state index contributed by atoms with van der Waals surface area (Å²) in [5.74, 6) is -1.01. The number of pyridine rings is 2. The first-order chi connectivity index (χ1) is 19.7. The number of nitrogens with one attached hydrogen (secondary N) is 2. The molecule has 1 aliphatic heterocycles. The van der Waals surface area contributed by atoms with Crippen LogP contribution in [0.5, 0.6) is 0 Å². The SMILES string of the molecule is O=C(C1CC1)N1CCC(Nc2nc(-c3cnc(Cl)c(NS(=O)(=O)c4ccc(F)cc4F)c3)nc3cccnc23)CC1. The van der Waals surface area contributed by atoms with Gasteiger partial charge in [0, 0.05) is 49.1 Å². The number of amides is 1. The normalized spacial score (nSPS) is 16.1. The van der Waals surface area contributed by atoms with Crippen LogP contribution in [0, 0.1) is 17.6 Å². The van der Waals surface area contributed by atoms with Crippen molar-refractivity contribution < 1.29 is 22.0 Å². The van der Waals surface area contributed by atoms with Gasteiger partial charge in [-0.1, -0.05) is 11.6 Å². The number of hydrogen-bond donors (Lipinski definition) is 2. The highest BCUT2D eigenvalue weighted by atomic mass is 35.5. The lowest BCUT2D eigenvalue weighted by Gasteiger charge is -2.33. The van der Waals surface area contributed by atoms with Gasteiger partial charge < -0.3 is 10.2 Å². The highest BCUT2D eigenvalue weighted by Crippen LogP contribution is 2.33. The van der Waals surface area contributed by atoms with Crippen LogP contribution in [0.15, 0.2) is 53.7 Å². The van der Waals surface area contributed by atoms with E-state index in [1.807, 2.05) is 4.90 Å². The van der Waals surface area contributed by atoms with Gasteiger partial charge >= 0.3 is 0 Å². The number of fused-ring (bicyclic) bond motifs is 1. The molecule has 14 heteroatoms. The number of benzene rings is 1. The number of sulfonamides is 1. The summed E-state index contributed by atoms with van der Waals surface area (Å²) in [5, 5.41) is 3.27. The fourth-order valence-corrected chi connectivity index (χ4v) is 6.08. The Morgan fingerprint density at radius 2 is 1.80 bits per heavy atom. The maximum Gasteiger partial charge on any atom is 0.264 e. The van der Waals surface area contributed by atoms with Crippen molar-refractivity contribution in [3.63, 3.8) is 0 Å². The smallest absolute Gasteiger partial charge is 0.264 e. The second-order valence-electron chi connectivity index (χ2n) is 10.0. The van der Waals surface area contributed by atoms with Crippen LogP contribution >= 0.6 is 11.6 Å². The van der Waals surface area contributed by atoms with Gasteiger partial charge in [0.15, 0.2) is 16.8 Å². The molecule has 1 saturated carbocycles.